The Balaban J connectivity index is 1.69. The molecule has 1 heterocycles. The molecule has 0 N–H and O–H groups in total. The number of carbonyl (C=O) groups excluding carboxylic acids is 1. The van der Waals surface area contributed by atoms with Crippen LogP contribution in [0.3, 0.4) is 0 Å². The lowest BCUT2D eigenvalue weighted by atomic mass is 10.2. The fourth-order valence-corrected chi connectivity index (χ4v) is 3.58. The summed E-state index contributed by atoms with van der Waals surface area (Å²) >= 11 is 6.70. The molecule has 0 bridgehead atoms. The Hall–Kier alpha value is -2.37. The number of nitrogens with zero attached hydrogens (tertiary/aromatic N) is 1. The minimum Gasteiger partial charge on any atom is -0.497 e. The molecule has 1 amide bonds. The van der Waals surface area contributed by atoms with Crippen molar-refractivity contribution in [2.24, 2.45) is 0 Å². The first kappa shape index (κ1) is 17.5. The second-order valence-electron chi connectivity index (χ2n) is 5.41. The van der Waals surface area contributed by atoms with Crippen molar-refractivity contribution in [2.45, 2.75) is 6.54 Å². The zero-order chi connectivity index (χ0) is 17.6. The normalized spacial score (nSPS) is 16.2. The fraction of sp³-hybridized carbons (Fsp3) is 0.100. The Bertz CT molecular complexity index is 827. The summed E-state index contributed by atoms with van der Waals surface area (Å²) in [5.41, 5.74) is 2.10. The van der Waals surface area contributed by atoms with Crippen LogP contribution in [0.1, 0.15) is 11.1 Å². The molecule has 1 fully saturated rings. The van der Waals surface area contributed by atoms with E-state index in [9.17, 15) is 4.79 Å². The number of thioether (sulfide) groups is 1. The molecule has 0 aromatic heterocycles. The van der Waals surface area contributed by atoms with Gasteiger partial charge in [-0.3, -0.25) is 9.69 Å². The highest BCUT2D eigenvalue weighted by molar-refractivity contribution is 8.26. The first-order valence-electron chi connectivity index (χ1n) is 7.77. The minimum absolute atomic E-state index is 0.0523. The summed E-state index contributed by atoms with van der Waals surface area (Å²) in [6.45, 7) is 0.467. The van der Waals surface area contributed by atoms with Gasteiger partial charge < -0.3 is 4.74 Å². The number of carbonyl (C=O) groups is 1. The molecule has 2 aromatic rings. The van der Waals surface area contributed by atoms with Crippen LogP contribution >= 0.6 is 24.0 Å². The molecule has 0 atom stereocenters. The van der Waals surface area contributed by atoms with Crippen LogP contribution in [0.2, 0.25) is 0 Å². The second kappa shape index (κ2) is 8.14. The summed E-state index contributed by atoms with van der Waals surface area (Å²) in [6, 6.07) is 17.6. The van der Waals surface area contributed by atoms with Crippen LogP contribution in [0.15, 0.2) is 71.7 Å². The topological polar surface area (TPSA) is 29.5 Å². The highest BCUT2D eigenvalue weighted by Crippen LogP contribution is 2.32. The van der Waals surface area contributed by atoms with Gasteiger partial charge >= 0.3 is 0 Å². The molecule has 1 saturated heterocycles. The van der Waals surface area contributed by atoms with Gasteiger partial charge in [-0.05, 0) is 29.3 Å². The summed E-state index contributed by atoms with van der Waals surface area (Å²) in [7, 11) is 1.63. The Morgan fingerprint density at radius 2 is 1.84 bits per heavy atom. The van der Waals surface area contributed by atoms with Crippen molar-refractivity contribution in [3.05, 3.63) is 82.8 Å². The lowest BCUT2D eigenvalue weighted by molar-refractivity contribution is -0.122. The molecule has 2 aromatic carbocycles. The monoisotopic (exact) mass is 367 g/mol. The highest BCUT2D eigenvalue weighted by atomic mass is 32.2. The van der Waals surface area contributed by atoms with Gasteiger partial charge in [-0.25, -0.2) is 0 Å². The van der Waals surface area contributed by atoms with Crippen molar-refractivity contribution in [3.63, 3.8) is 0 Å². The Kier molecular flexibility index (Phi) is 5.68. The van der Waals surface area contributed by atoms with E-state index in [1.165, 1.54) is 11.8 Å². The third-order valence-electron chi connectivity index (χ3n) is 3.71. The van der Waals surface area contributed by atoms with Gasteiger partial charge in [0.2, 0.25) is 0 Å². The van der Waals surface area contributed by atoms with Crippen LogP contribution in [0, 0.1) is 0 Å². The van der Waals surface area contributed by atoms with Gasteiger partial charge in [0.1, 0.15) is 10.1 Å². The van der Waals surface area contributed by atoms with E-state index in [1.807, 2.05) is 72.8 Å². The molecule has 0 radical (unpaired) electrons. The third kappa shape index (κ3) is 4.38. The molecule has 25 heavy (non-hydrogen) atoms. The number of ether oxygens (including phenoxy) is 1. The molecule has 0 saturated carbocycles. The zero-order valence-corrected chi connectivity index (χ0v) is 15.3. The van der Waals surface area contributed by atoms with Crippen LogP contribution in [-0.4, -0.2) is 22.2 Å². The molecule has 3 nitrogen and oxygen atoms in total. The van der Waals surface area contributed by atoms with Crippen molar-refractivity contribution < 1.29 is 9.53 Å². The second-order valence-corrected chi connectivity index (χ2v) is 7.08. The Morgan fingerprint density at radius 1 is 1.12 bits per heavy atom. The summed E-state index contributed by atoms with van der Waals surface area (Å²) in [5, 5.41) is 0. The predicted molar refractivity (Wildman–Crippen MR) is 107 cm³/mol. The first-order chi connectivity index (χ1) is 12.2. The number of allylic oxidation sites excluding steroid dienone is 2. The predicted octanol–water partition coefficient (Wildman–Crippen LogP) is 4.65. The number of benzene rings is 2. The van der Waals surface area contributed by atoms with Crippen LogP contribution in [0.4, 0.5) is 0 Å². The first-order valence-corrected chi connectivity index (χ1v) is 9.00. The lowest BCUT2D eigenvalue weighted by Gasteiger charge is -2.14. The summed E-state index contributed by atoms with van der Waals surface area (Å²) in [6.07, 6.45) is 5.67. The van der Waals surface area contributed by atoms with Gasteiger partial charge in [-0.1, -0.05) is 78.6 Å². The van der Waals surface area contributed by atoms with Crippen LogP contribution in [0.25, 0.3) is 6.08 Å². The maximum atomic E-state index is 12.6. The number of hydrogen-bond acceptors (Lipinski definition) is 4. The van der Waals surface area contributed by atoms with Gasteiger partial charge in [-0.2, -0.15) is 0 Å². The average molecular weight is 367 g/mol. The Morgan fingerprint density at radius 3 is 2.52 bits per heavy atom. The lowest BCUT2D eigenvalue weighted by Crippen LogP contribution is -2.27. The van der Waals surface area contributed by atoms with Crippen molar-refractivity contribution in [1.82, 2.24) is 4.90 Å². The minimum atomic E-state index is -0.0523. The van der Waals surface area contributed by atoms with E-state index in [1.54, 1.807) is 12.0 Å². The summed E-state index contributed by atoms with van der Waals surface area (Å²) < 4.78 is 5.74. The quantitative estimate of drug-likeness (QED) is 0.568. The molecule has 0 unspecified atom stereocenters. The smallest absolute Gasteiger partial charge is 0.266 e. The zero-order valence-electron chi connectivity index (χ0n) is 13.7. The summed E-state index contributed by atoms with van der Waals surface area (Å²) in [4.78, 5) is 14.8. The van der Waals surface area contributed by atoms with Crippen LogP contribution < -0.4 is 4.74 Å². The molecule has 1 aliphatic heterocycles. The van der Waals surface area contributed by atoms with Crippen molar-refractivity contribution in [3.8, 4) is 5.75 Å². The number of rotatable bonds is 5. The number of hydrogen-bond donors (Lipinski definition) is 0. The molecule has 1 aliphatic rings. The molecular formula is C20H17NO2S2. The molecule has 0 aliphatic carbocycles. The van der Waals surface area contributed by atoms with Crippen molar-refractivity contribution in [1.29, 1.82) is 0 Å². The largest absolute Gasteiger partial charge is 0.497 e. The molecule has 3 rings (SSSR count). The summed E-state index contributed by atoms with van der Waals surface area (Å²) in [5.74, 6) is 0.739. The van der Waals surface area contributed by atoms with Crippen LogP contribution in [0.5, 0.6) is 5.75 Å². The highest BCUT2D eigenvalue weighted by Gasteiger charge is 2.31. The van der Waals surface area contributed by atoms with Gasteiger partial charge in [0.15, 0.2) is 0 Å². The van der Waals surface area contributed by atoms with Crippen molar-refractivity contribution in [2.75, 3.05) is 7.11 Å². The van der Waals surface area contributed by atoms with Gasteiger partial charge in [-0.15, -0.1) is 0 Å². The molecule has 126 valence electrons. The van der Waals surface area contributed by atoms with E-state index in [-0.39, 0.29) is 5.91 Å². The molecule has 0 spiro atoms. The number of amides is 1. The van der Waals surface area contributed by atoms with E-state index < -0.39 is 0 Å². The SMILES string of the molecule is COc1ccc(CN2C(=O)C(=CC=Cc3ccccc3)SC2=S)cc1. The molecule has 5 heteroatoms. The fourth-order valence-electron chi connectivity index (χ4n) is 2.37. The number of methoxy groups -OCH3 is 1. The van der Waals surface area contributed by atoms with Crippen LogP contribution in [-0.2, 0) is 11.3 Å². The maximum absolute atomic E-state index is 12.6. The van der Waals surface area contributed by atoms with Crippen molar-refractivity contribution >= 4 is 40.3 Å². The van der Waals surface area contributed by atoms with Gasteiger partial charge in [0.25, 0.3) is 5.91 Å². The van der Waals surface area contributed by atoms with E-state index in [0.29, 0.717) is 15.8 Å². The standard InChI is InChI=1S/C20H17NO2S2/c1-23-17-12-10-16(11-13-17)14-21-19(22)18(25-20(21)24)9-5-8-15-6-3-2-4-7-15/h2-13H,14H2,1H3. The van der Waals surface area contributed by atoms with E-state index in [4.69, 9.17) is 17.0 Å². The maximum Gasteiger partial charge on any atom is 0.266 e. The van der Waals surface area contributed by atoms with Gasteiger partial charge in [0.05, 0.1) is 18.6 Å². The third-order valence-corrected chi connectivity index (χ3v) is 5.11. The molecular weight excluding hydrogens is 350 g/mol. The average Bonchev–Trinajstić information content (AvgIpc) is 2.91. The van der Waals surface area contributed by atoms with E-state index in [2.05, 4.69) is 0 Å². The number of thiocarbonyl (C=S) groups is 1. The van der Waals surface area contributed by atoms with E-state index >= 15 is 0 Å². The van der Waals surface area contributed by atoms with Gasteiger partial charge in [0, 0.05) is 0 Å². The van der Waals surface area contributed by atoms with E-state index in [0.717, 1.165) is 16.9 Å². The Labute approximate surface area is 157 Å².